The van der Waals surface area contributed by atoms with E-state index in [1.54, 1.807) is 18.3 Å². The Bertz CT molecular complexity index is 916. The Balaban J connectivity index is 1.63. The van der Waals surface area contributed by atoms with Crippen LogP contribution in [0, 0.1) is 0 Å². The number of nitrogens with one attached hydrogen (secondary N) is 1. The maximum atomic E-state index is 11.3. The van der Waals surface area contributed by atoms with Crippen LogP contribution in [0.3, 0.4) is 0 Å². The van der Waals surface area contributed by atoms with Crippen molar-refractivity contribution in [2.45, 2.75) is 26.2 Å². The Kier molecular flexibility index (Phi) is 3.86. The van der Waals surface area contributed by atoms with Gasteiger partial charge in [-0.1, -0.05) is 12.1 Å². The minimum absolute atomic E-state index is 0.155. The lowest BCUT2D eigenvalue weighted by molar-refractivity contribution is -0.116. The third-order valence-corrected chi connectivity index (χ3v) is 5.10. The average molecular weight is 335 g/mol. The number of thiophene rings is 1. The standard InChI is InChI=1S/C19H17N3OS/c1-12(23)9-13-3-2-4-15(10-13)21-19-20-11-14-5-6-17-16(7-8-24-17)18(14)22-19/h2-4,7-8,10-11H,5-6,9H2,1H3,(H,20,21,22). The van der Waals surface area contributed by atoms with Crippen LogP contribution in [0.2, 0.25) is 0 Å². The molecule has 5 heteroatoms. The van der Waals surface area contributed by atoms with Gasteiger partial charge in [0.25, 0.3) is 0 Å². The van der Waals surface area contributed by atoms with Gasteiger partial charge in [-0.2, -0.15) is 0 Å². The number of hydrogen-bond donors (Lipinski definition) is 1. The predicted octanol–water partition coefficient (Wildman–Crippen LogP) is 4.18. The second kappa shape index (κ2) is 6.17. The van der Waals surface area contributed by atoms with Gasteiger partial charge >= 0.3 is 0 Å². The Hall–Kier alpha value is -2.53. The monoisotopic (exact) mass is 335 g/mol. The topological polar surface area (TPSA) is 54.9 Å². The zero-order chi connectivity index (χ0) is 16.5. The second-order valence-electron chi connectivity index (χ2n) is 6.03. The highest BCUT2D eigenvalue weighted by atomic mass is 32.1. The first-order chi connectivity index (χ1) is 11.7. The Morgan fingerprint density at radius 1 is 1.29 bits per heavy atom. The number of rotatable bonds is 4. The van der Waals surface area contributed by atoms with Crippen LogP contribution in [0.25, 0.3) is 11.3 Å². The summed E-state index contributed by atoms with van der Waals surface area (Å²) in [6.45, 7) is 1.60. The van der Waals surface area contributed by atoms with E-state index in [1.165, 1.54) is 16.0 Å². The summed E-state index contributed by atoms with van der Waals surface area (Å²) in [5, 5.41) is 5.39. The Morgan fingerprint density at radius 3 is 3.08 bits per heavy atom. The number of carbonyl (C=O) groups is 1. The number of aromatic nitrogens is 2. The van der Waals surface area contributed by atoms with Crippen molar-refractivity contribution < 1.29 is 4.79 Å². The molecular formula is C19H17N3OS. The van der Waals surface area contributed by atoms with Gasteiger partial charge in [0.1, 0.15) is 5.78 Å². The highest BCUT2D eigenvalue weighted by Gasteiger charge is 2.19. The molecule has 0 unspecified atom stereocenters. The van der Waals surface area contributed by atoms with Crippen molar-refractivity contribution in [3.8, 4) is 11.3 Å². The summed E-state index contributed by atoms with van der Waals surface area (Å²) in [5.74, 6) is 0.745. The molecule has 1 aliphatic rings. The molecule has 24 heavy (non-hydrogen) atoms. The first kappa shape index (κ1) is 15.0. The van der Waals surface area contributed by atoms with E-state index in [0.717, 1.165) is 29.8 Å². The number of hydrogen-bond acceptors (Lipinski definition) is 5. The molecule has 0 saturated heterocycles. The lowest BCUT2D eigenvalue weighted by Crippen LogP contribution is -2.07. The molecule has 0 radical (unpaired) electrons. The van der Waals surface area contributed by atoms with E-state index in [-0.39, 0.29) is 5.78 Å². The van der Waals surface area contributed by atoms with Crippen LogP contribution < -0.4 is 5.32 Å². The van der Waals surface area contributed by atoms with Gasteiger partial charge in [-0.3, -0.25) is 4.79 Å². The van der Waals surface area contributed by atoms with Crippen LogP contribution >= 0.6 is 11.3 Å². The van der Waals surface area contributed by atoms with E-state index >= 15 is 0 Å². The van der Waals surface area contributed by atoms with Gasteiger partial charge in [-0.05, 0) is 54.5 Å². The number of ketones is 1. The van der Waals surface area contributed by atoms with Crippen molar-refractivity contribution >= 4 is 28.8 Å². The zero-order valence-corrected chi connectivity index (χ0v) is 14.2. The van der Waals surface area contributed by atoms with Gasteiger partial charge in [0.15, 0.2) is 0 Å². The van der Waals surface area contributed by atoms with Gasteiger partial charge in [-0.25, -0.2) is 9.97 Å². The quantitative estimate of drug-likeness (QED) is 0.777. The van der Waals surface area contributed by atoms with Crippen molar-refractivity contribution in [3.63, 3.8) is 0 Å². The summed E-state index contributed by atoms with van der Waals surface area (Å²) in [6.07, 6.45) is 4.43. The van der Waals surface area contributed by atoms with Crippen molar-refractivity contribution in [2.75, 3.05) is 5.32 Å². The van der Waals surface area contributed by atoms with Crippen LogP contribution in [-0.4, -0.2) is 15.8 Å². The van der Waals surface area contributed by atoms with Crippen LogP contribution in [-0.2, 0) is 24.1 Å². The first-order valence-corrected chi connectivity index (χ1v) is 8.85. The number of benzene rings is 1. The molecule has 120 valence electrons. The van der Waals surface area contributed by atoms with Crippen LogP contribution in [0.4, 0.5) is 11.6 Å². The van der Waals surface area contributed by atoms with E-state index < -0.39 is 0 Å². The molecule has 3 aromatic rings. The van der Waals surface area contributed by atoms with Crippen molar-refractivity contribution in [3.05, 3.63) is 57.9 Å². The normalized spacial score (nSPS) is 12.4. The molecule has 0 amide bonds. The zero-order valence-electron chi connectivity index (χ0n) is 13.4. The van der Waals surface area contributed by atoms with Gasteiger partial charge in [0.2, 0.25) is 5.95 Å². The summed E-state index contributed by atoms with van der Waals surface area (Å²) >= 11 is 1.79. The fourth-order valence-electron chi connectivity index (χ4n) is 3.05. The molecule has 0 aliphatic heterocycles. The van der Waals surface area contributed by atoms with Crippen molar-refractivity contribution in [1.82, 2.24) is 9.97 Å². The summed E-state index contributed by atoms with van der Waals surface area (Å²) in [6, 6.07) is 9.97. The Labute approximate surface area is 144 Å². The van der Waals surface area contributed by atoms with Crippen LogP contribution in [0.15, 0.2) is 41.9 Å². The fraction of sp³-hybridized carbons (Fsp3) is 0.211. The van der Waals surface area contributed by atoms with Crippen LogP contribution in [0.5, 0.6) is 0 Å². The van der Waals surface area contributed by atoms with Crippen molar-refractivity contribution in [2.24, 2.45) is 0 Å². The maximum absolute atomic E-state index is 11.3. The summed E-state index contributed by atoms with van der Waals surface area (Å²) in [7, 11) is 0. The molecule has 4 nitrogen and oxygen atoms in total. The second-order valence-corrected chi connectivity index (χ2v) is 7.03. The minimum Gasteiger partial charge on any atom is -0.324 e. The molecule has 1 aliphatic carbocycles. The summed E-state index contributed by atoms with van der Waals surface area (Å²) in [4.78, 5) is 21.9. The number of fused-ring (bicyclic) bond motifs is 3. The molecule has 1 N–H and O–H groups in total. The van der Waals surface area contributed by atoms with E-state index in [9.17, 15) is 4.79 Å². The number of Topliss-reactive ketones (excluding diaryl/α,β-unsaturated/α-hetero) is 1. The predicted molar refractivity (Wildman–Crippen MR) is 96.9 cm³/mol. The van der Waals surface area contributed by atoms with E-state index in [1.807, 2.05) is 30.5 Å². The van der Waals surface area contributed by atoms with Gasteiger partial charge in [0.05, 0.1) is 5.69 Å². The van der Waals surface area contributed by atoms with E-state index in [0.29, 0.717) is 12.4 Å². The molecular weight excluding hydrogens is 318 g/mol. The number of carbonyl (C=O) groups excluding carboxylic acids is 1. The SMILES string of the molecule is CC(=O)Cc1cccc(Nc2ncc3c(n2)-c2ccsc2CC3)c1. The molecule has 0 fully saturated rings. The summed E-state index contributed by atoms with van der Waals surface area (Å²) in [5.41, 5.74) is 5.37. The van der Waals surface area contributed by atoms with Crippen molar-refractivity contribution in [1.29, 1.82) is 0 Å². The Morgan fingerprint density at radius 2 is 2.21 bits per heavy atom. The number of aryl methyl sites for hydroxylation is 2. The third kappa shape index (κ3) is 2.95. The first-order valence-electron chi connectivity index (χ1n) is 7.97. The molecule has 2 heterocycles. The lowest BCUT2D eigenvalue weighted by Gasteiger charge is -2.16. The molecule has 0 bridgehead atoms. The van der Waals surface area contributed by atoms with Gasteiger partial charge in [0, 0.05) is 28.7 Å². The number of anilines is 2. The highest BCUT2D eigenvalue weighted by molar-refractivity contribution is 7.10. The number of nitrogens with zero attached hydrogens (tertiary/aromatic N) is 2. The van der Waals surface area contributed by atoms with Crippen LogP contribution in [0.1, 0.15) is 22.9 Å². The van der Waals surface area contributed by atoms with E-state index in [2.05, 4.69) is 21.7 Å². The lowest BCUT2D eigenvalue weighted by atomic mass is 9.96. The molecule has 1 aromatic carbocycles. The largest absolute Gasteiger partial charge is 0.324 e. The summed E-state index contributed by atoms with van der Waals surface area (Å²) < 4.78 is 0. The molecule has 2 aromatic heterocycles. The molecule has 0 saturated carbocycles. The fourth-order valence-corrected chi connectivity index (χ4v) is 3.93. The molecule has 0 atom stereocenters. The van der Waals surface area contributed by atoms with Gasteiger partial charge in [-0.15, -0.1) is 11.3 Å². The highest BCUT2D eigenvalue weighted by Crippen LogP contribution is 2.35. The van der Waals surface area contributed by atoms with Gasteiger partial charge < -0.3 is 5.32 Å². The third-order valence-electron chi connectivity index (χ3n) is 4.12. The smallest absolute Gasteiger partial charge is 0.227 e. The minimum atomic E-state index is 0.155. The average Bonchev–Trinajstić information content (AvgIpc) is 3.03. The van der Waals surface area contributed by atoms with E-state index in [4.69, 9.17) is 4.98 Å². The molecule has 4 rings (SSSR count). The molecule has 0 spiro atoms. The maximum Gasteiger partial charge on any atom is 0.227 e.